The molecule has 2 aromatic rings. The molecule has 1 aromatic heterocycles. The van der Waals surface area contributed by atoms with Gasteiger partial charge in [-0.05, 0) is 37.6 Å². The fraction of sp³-hybridized carbons (Fsp3) is 0.467. The standard InChI is InChI=1S/C15H19N3O2/c1-2-14-18-12-8-11(5-6-13(12)20-14)17-15(19)10-4-3-7-16-9-10/h5-6,8,10,16H,2-4,7,9H2,1H3,(H,17,19)/t10-/m0/s1. The van der Waals surface area contributed by atoms with Crippen molar-refractivity contribution in [2.45, 2.75) is 26.2 Å². The summed E-state index contributed by atoms with van der Waals surface area (Å²) in [4.78, 5) is 16.6. The number of anilines is 1. The van der Waals surface area contributed by atoms with Gasteiger partial charge >= 0.3 is 0 Å². The van der Waals surface area contributed by atoms with Crippen molar-refractivity contribution in [1.82, 2.24) is 10.3 Å². The van der Waals surface area contributed by atoms with Gasteiger partial charge in [-0.15, -0.1) is 0 Å². The fourth-order valence-corrected chi connectivity index (χ4v) is 2.52. The molecule has 1 aliphatic heterocycles. The molecule has 5 heteroatoms. The van der Waals surface area contributed by atoms with Crippen LogP contribution in [-0.4, -0.2) is 24.0 Å². The van der Waals surface area contributed by atoms with Gasteiger partial charge in [0.25, 0.3) is 0 Å². The lowest BCUT2D eigenvalue weighted by Gasteiger charge is -2.21. The number of carbonyl (C=O) groups excluding carboxylic acids is 1. The van der Waals surface area contributed by atoms with Crippen LogP contribution in [0.4, 0.5) is 5.69 Å². The number of rotatable bonds is 3. The average Bonchev–Trinajstić information content (AvgIpc) is 2.90. The van der Waals surface area contributed by atoms with Gasteiger partial charge in [-0.3, -0.25) is 4.79 Å². The molecule has 20 heavy (non-hydrogen) atoms. The van der Waals surface area contributed by atoms with Gasteiger partial charge in [-0.25, -0.2) is 4.98 Å². The highest BCUT2D eigenvalue weighted by Gasteiger charge is 2.21. The number of carbonyl (C=O) groups is 1. The Balaban J connectivity index is 1.74. The van der Waals surface area contributed by atoms with E-state index in [1.54, 1.807) is 0 Å². The van der Waals surface area contributed by atoms with Crippen LogP contribution in [0.1, 0.15) is 25.7 Å². The van der Waals surface area contributed by atoms with E-state index in [2.05, 4.69) is 15.6 Å². The van der Waals surface area contributed by atoms with Crippen molar-refractivity contribution in [2.75, 3.05) is 18.4 Å². The number of fused-ring (bicyclic) bond motifs is 1. The van der Waals surface area contributed by atoms with Gasteiger partial charge in [-0.1, -0.05) is 6.92 Å². The number of hydrogen-bond donors (Lipinski definition) is 2. The summed E-state index contributed by atoms with van der Waals surface area (Å²) in [5.74, 6) is 0.860. The average molecular weight is 273 g/mol. The molecule has 0 unspecified atom stereocenters. The first-order valence-corrected chi connectivity index (χ1v) is 7.17. The van der Waals surface area contributed by atoms with Crippen LogP contribution < -0.4 is 10.6 Å². The van der Waals surface area contributed by atoms with Gasteiger partial charge in [0.1, 0.15) is 5.52 Å². The number of nitrogens with zero attached hydrogens (tertiary/aromatic N) is 1. The van der Waals surface area contributed by atoms with Crippen molar-refractivity contribution >= 4 is 22.7 Å². The fourth-order valence-electron chi connectivity index (χ4n) is 2.52. The van der Waals surface area contributed by atoms with E-state index in [-0.39, 0.29) is 11.8 Å². The maximum atomic E-state index is 12.2. The van der Waals surface area contributed by atoms with Gasteiger partial charge in [0.05, 0.1) is 5.92 Å². The summed E-state index contributed by atoms with van der Waals surface area (Å²) >= 11 is 0. The Morgan fingerprint density at radius 1 is 1.55 bits per heavy atom. The third-order valence-corrected chi connectivity index (χ3v) is 3.67. The molecule has 1 saturated heterocycles. The third kappa shape index (κ3) is 2.67. The molecule has 0 saturated carbocycles. The van der Waals surface area contributed by atoms with Crippen molar-refractivity contribution in [1.29, 1.82) is 0 Å². The summed E-state index contributed by atoms with van der Waals surface area (Å²) in [6.07, 6.45) is 2.77. The number of hydrogen-bond acceptors (Lipinski definition) is 4. The number of aromatic nitrogens is 1. The van der Waals surface area contributed by atoms with Crippen LogP contribution in [0.25, 0.3) is 11.1 Å². The highest BCUT2D eigenvalue weighted by atomic mass is 16.3. The number of nitrogens with one attached hydrogen (secondary N) is 2. The predicted molar refractivity (Wildman–Crippen MR) is 77.6 cm³/mol. The maximum Gasteiger partial charge on any atom is 0.228 e. The van der Waals surface area contributed by atoms with E-state index in [0.717, 1.165) is 55.0 Å². The molecule has 0 aliphatic carbocycles. The maximum absolute atomic E-state index is 12.2. The predicted octanol–water partition coefficient (Wildman–Crippen LogP) is 2.33. The first kappa shape index (κ1) is 13.1. The summed E-state index contributed by atoms with van der Waals surface area (Å²) in [5.41, 5.74) is 2.34. The summed E-state index contributed by atoms with van der Waals surface area (Å²) < 4.78 is 5.56. The Morgan fingerprint density at radius 3 is 3.20 bits per heavy atom. The van der Waals surface area contributed by atoms with Crippen LogP contribution >= 0.6 is 0 Å². The number of aryl methyl sites for hydroxylation is 1. The lowest BCUT2D eigenvalue weighted by Crippen LogP contribution is -2.37. The Labute approximate surface area is 117 Å². The topological polar surface area (TPSA) is 67.2 Å². The molecule has 1 amide bonds. The minimum atomic E-state index is 0.0583. The summed E-state index contributed by atoms with van der Waals surface area (Å²) in [6.45, 7) is 3.77. The molecule has 2 heterocycles. The Hall–Kier alpha value is -1.88. The molecule has 106 valence electrons. The molecule has 1 aliphatic rings. The molecule has 0 spiro atoms. The molecule has 1 fully saturated rings. The zero-order chi connectivity index (χ0) is 13.9. The molecule has 1 aromatic carbocycles. The van der Waals surface area contributed by atoms with E-state index in [0.29, 0.717) is 0 Å². The molecular weight excluding hydrogens is 254 g/mol. The normalized spacial score (nSPS) is 19.1. The van der Waals surface area contributed by atoms with Gasteiger partial charge in [0.15, 0.2) is 11.5 Å². The molecular formula is C15H19N3O2. The van der Waals surface area contributed by atoms with Crippen molar-refractivity contribution in [2.24, 2.45) is 5.92 Å². The second kappa shape index (κ2) is 5.63. The van der Waals surface area contributed by atoms with Crippen molar-refractivity contribution in [3.63, 3.8) is 0 Å². The highest BCUT2D eigenvalue weighted by molar-refractivity contribution is 5.94. The first-order chi connectivity index (χ1) is 9.76. The van der Waals surface area contributed by atoms with Crippen LogP contribution in [0, 0.1) is 5.92 Å². The molecule has 1 atom stereocenters. The minimum absolute atomic E-state index is 0.0583. The number of piperidine rings is 1. The summed E-state index contributed by atoms with van der Waals surface area (Å²) in [5, 5.41) is 6.22. The van der Waals surface area contributed by atoms with Crippen LogP contribution in [0.3, 0.4) is 0 Å². The summed E-state index contributed by atoms with van der Waals surface area (Å²) in [6, 6.07) is 5.59. The highest BCUT2D eigenvalue weighted by Crippen LogP contribution is 2.21. The molecule has 3 rings (SSSR count). The Morgan fingerprint density at radius 2 is 2.45 bits per heavy atom. The van der Waals surface area contributed by atoms with Crippen molar-refractivity contribution in [3.05, 3.63) is 24.1 Å². The van der Waals surface area contributed by atoms with Crippen molar-refractivity contribution in [3.8, 4) is 0 Å². The van der Waals surface area contributed by atoms with Gasteiger partial charge in [-0.2, -0.15) is 0 Å². The molecule has 0 bridgehead atoms. The zero-order valence-corrected chi connectivity index (χ0v) is 11.6. The number of amides is 1. The first-order valence-electron chi connectivity index (χ1n) is 7.17. The van der Waals surface area contributed by atoms with Crippen LogP contribution in [-0.2, 0) is 11.2 Å². The van der Waals surface area contributed by atoms with Crippen LogP contribution in [0.2, 0.25) is 0 Å². The molecule has 2 N–H and O–H groups in total. The van der Waals surface area contributed by atoms with Gasteiger partial charge in [0.2, 0.25) is 5.91 Å². The third-order valence-electron chi connectivity index (χ3n) is 3.67. The molecule has 5 nitrogen and oxygen atoms in total. The second-order valence-corrected chi connectivity index (χ2v) is 5.18. The monoisotopic (exact) mass is 273 g/mol. The lowest BCUT2D eigenvalue weighted by atomic mass is 9.99. The van der Waals surface area contributed by atoms with E-state index in [1.165, 1.54) is 0 Å². The zero-order valence-electron chi connectivity index (χ0n) is 11.6. The lowest BCUT2D eigenvalue weighted by molar-refractivity contribution is -0.120. The quantitative estimate of drug-likeness (QED) is 0.900. The smallest absolute Gasteiger partial charge is 0.228 e. The Bertz CT molecular complexity index is 615. The van der Waals surface area contributed by atoms with E-state index in [4.69, 9.17) is 4.42 Å². The van der Waals surface area contributed by atoms with E-state index < -0.39 is 0 Å². The SMILES string of the molecule is CCc1nc2cc(NC(=O)[C@H]3CCCNC3)ccc2o1. The van der Waals surface area contributed by atoms with E-state index in [9.17, 15) is 4.79 Å². The summed E-state index contributed by atoms with van der Waals surface area (Å²) in [7, 11) is 0. The number of oxazole rings is 1. The van der Waals surface area contributed by atoms with Crippen LogP contribution in [0.15, 0.2) is 22.6 Å². The van der Waals surface area contributed by atoms with Gasteiger partial charge < -0.3 is 15.1 Å². The minimum Gasteiger partial charge on any atom is -0.441 e. The number of benzene rings is 1. The second-order valence-electron chi connectivity index (χ2n) is 5.18. The Kier molecular flexibility index (Phi) is 3.69. The van der Waals surface area contributed by atoms with Gasteiger partial charge in [0, 0.05) is 18.7 Å². The largest absolute Gasteiger partial charge is 0.441 e. The van der Waals surface area contributed by atoms with E-state index >= 15 is 0 Å². The van der Waals surface area contributed by atoms with Crippen LogP contribution in [0.5, 0.6) is 0 Å². The van der Waals surface area contributed by atoms with E-state index in [1.807, 2.05) is 25.1 Å². The molecule has 0 radical (unpaired) electrons. The van der Waals surface area contributed by atoms with Crippen molar-refractivity contribution < 1.29 is 9.21 Å².